The fourth-order valence-electron chi connectivity index (χ4n) is 3.76. The number of aromatic amines is 1. The van der Waals surface area contributed by atoms with E-state index in [1.807, 2.05) is 52.0 Å². The van der Waals surface area contributed by atoms with Crippen LogP contribution in [-0.4, -0.2) is 45.1 Å². The van der Waals surface area contributed by atoms with Gasteiger partial charge in [0.2, 0.25) is 5.91 Å². The monoisotopic (exact) mass is 400 g/mol. The third-order valence-corrected chi connectivity index (χ3v) is 5.19. The molecule has 7 nitrogen and oxygen atoms in total. The van der Waals surface area contributed by atoms with Crippen LogP contribution < -0.4 is 5.32 Å². The summed E-state index contributed by atoms with van der Waals surface area (Å²) in [6, 6.07) is 7.75. The molecule has 1 aliphatic heterocycles. The summed E-state index contributed by atoms with van der Waals surface area (Å²) in [7, 11) is 0. The molecule has 3 rings (SSSR count). The second-order valence-electron chi connectivity index (χ2n) is 8.68. The van der Waals surface area contributed by atoms with E-state index in [1.54, 1.807) is 4.90 Å². The number of para-hydroxylation sites is 2. The van der Waals surface area contributed by atoms with Crippen molar-refractivity contribution in [3.63, 3.8) is 0 Å². The first kappa shape index (κ1) is 21.1. The van der Waals surface area contributed by atoms with E-state index >= 15 is 0 Å². The molecular weight excluding hydrogens is 368 g/mol. The van der Waals surface area contributed by atoms with Gasteiger partial charge in [-0.2, -0.15) is 0 Å². The topological polar surface area (TPSA) is 87.3 Å². The second kappa shape index (κ2) is 8.84. The zero-order valence-corrected chi connectivity index (χ0v) is 17.8. The molecule has 1 aliphatic rings. The van der Waals surface area contributed by atoms with Gasteiger partial charge in [0.25, 0.3) is 0 Å². The smallest absolute Gasteiger partial charge is 0.410 e. The number of hydrogen-bond acceptors (Lipinski definition) is 4. The van der Waals surface area contributed by atoms with E-state index in [9.17, 15) is 9.59 Å². The molecule has 1 saturated heterocycles. The molecule has 2 aromatic rings. The van der Waals surface area contributed by atoms with Crippen LogP contribution in [0.4, 0.5) is 4.79 Å². The first-order valence-corrected chi connectivity index (χ1v) is 10.5. The number of amides is 2. The molecular formula is C22H32N4O3. The average molecular weight is 401 g/mol. The van der Waals surface area contributed by atoms with Crippen molar-refractivity contribution in [1.82, 2.24) is 20.2 Å². The number of imidazole rings is 1. The molecule has 1 aromatic heterocycles. The normalized spacial score (nSPS) is 18.1. The number of carbonyl (C=O) groups excluding carboxylic acids is 2. The maximum Gasteiger partial charge on any atom is 0.410 e. The number of aromatic nitrogens is 2. The highest BCUT2D eigenvalue weighted by Crippen LogP contribution is 2.24. The first-order valence-electron chi connectivity index (χ1n) is 10.5. The SMILES string of the molecule is CCC(NC(=O)CC[C@@H]1CCCN1C(=O)OC(C)(C)C)c1nc2ccccc2[nH]1. The Kier molecular flexibility index (Phi) is 6.45. The molecule has 0 spiro atoms. The Morgan fingerprint density at radius 3 is 2.79 bits per heavy atom. The Labute approximate surface area is 172 Å². The molecule has 0 aliphatic carbocycles. The van der Waals surface area contributed by atoms with E-state index in [2.05, 4.69) is 15.3 Å². The molecule has 1 aromatic carbocycles. The van der Waals surface area contributed by atoms with E-state index in [4.69, 9.17) is 4.74 Å². The van der Waals surface area contributed by atoms with E-state index in [-0.39, 0.29) is 24.1 Å². The van der Waals surface area contributed by atoms with Gasteiger partial charge in [0.05, 0.1) is 17.1 Å². The van der Waals surface area contributed by atoms with Crippen molar-refractivity contribution in [3.8, 4) is 0 Å². The lowest BCUT2D eigenvalue weighted by molar-refractivity contribution is -0.122. The standard InChI is InChI=1S/C22H32N4O3/c1-5-16(20-24-17-10-6-7-11-18(17)25-20)23-19(27)13-12-15-9-8-14-26(15)21(28)29-22(2,3)4/h6-7,10-11,15-16H,5,8-9,12-14H2,1-4H3,(H,23,27)(H,24,25)/t15-,16?/m0/s1. The van der Waals surface area contributed by atoms with Crippen molar-refractivity contribution in [3.05, 3.63) is 30.1 Å². The van der Waals surface area contributed by atoms with Gasteiger partial charge in [0.15, 0.2) is 0 Å². The number of H-pyrrole nitrogens is 1. The number of rotatable bonds is 6. The quantitative estimate of drug-likeness (QED) is 0.756. The molecule has 2 amide bonds. The maximum absolute atomic E-state index is 12.6. The van der Waals surface area contributed by atoms with Gasteiger partial charge in [-0.3, -0.25) is 4.79 Å². The van der Waals surface area contributed by atoms with Crippen LogP contribution in [0.15, 0.2) is 24.3 Å². The molecule has 158 valence electrons. The second-order valence-corrected chi connectivity index (χ2v) is 8.68. The molecule has 0 saturated carbocycles. The van der Waals surface area contributed by atoms with Crippen molar-refractivity contribution in [1.29, 1.82) is 0 Å². The summed E-state index contributed by atoms with van der Waals surface area (Å²) in [5.74, 6) is 0.756. The fraction of sp³-hybridized carbons (Fsp3) is 0.591. The molecule has 1 fully saturated rings. The maximum atomic E-state index is 12.6. The molecule has 2 atom stereocenters. The summed E-state index contributed by atoms with van der Waals surface area (Å²) >= 11 is 0. The van der Waals surface area contributed by atoms with E-state index in [1.165, 1.54) is 0 Å². The van der Waals surface area contributed by atoms with Crippen LogP contribution in [0.1, 0.15) is 71.7 Å². The zero-order chi connectivity index (χ0) is 21.0. The van der Waals surface area contributed by atoms with Gasteiger partial charge in [-0.05, 0) is 58.6 Å². The van der Waals surface area contributed by atoms with Crippen LogP contribution in [0.5, 0.6) is 0 Å². The first-order chi connectivity index (χ1) is 13.8. The Morgan fingerprint density at radius 1 is 1.34 bits per heavy atom. The summed E-state index contributed by atoms with van der Waals surface area (Å²) in [5.41, 5.74) is 1.35. The fourth-order valence-corrected chi connectivity index (χ4v) is 3.76. The molecule has 1 unspecified atom stereocenters. The van der Waals surface area contributed by atoms with Crippen LogP contribution in [-0.2, 0) is 9.53 Å². The van der Waals surface area contributed by atoms with Crippen molar-refractivity contribution in [2.45, 2.75) is 77.5 Å². The number of benzene rings is 1. The summed E-state index contributed by atoms with van der Waals surface area (Å²) < 4.78 is 5.50. The molecule has 2 heterocycles. The Morgan fingerprint density at radius 2 is 2.10 bits per heavy atom. The van der Waals surface area contributed by atoms with E-state index in [0.29, 0.717) is 19.4 Å². The van der Waals surface area contributed by atoms with Gasteiger partial charge >= 0.3 is 6.09 Å². The van der Waals surface area contributed by atoms with Crippen LogP contribution in [0, 0.1) is 0 Å². The van der Waals surface area contributed by atoms with Crippen molar-refractivity contribution in [2.75, 3.05) is 6.54 Å². The van der Waals surface area contributed by atoms with Crippen LogP contribution in [0.2, 0.25) is 0 Å². The van der Waals surface area contributed by atoms with E-state index < -0.39 is 5.60 Å². The van der Waals surface area contributed by atoms with Crippen LogP contribution in [0.3, 0.4) is 0 Å². The molecule has 0 bridgehead atoms. The number of carbonyl (C=O) groups is 2. The predicted molar refractivity (Wildman–Crippen MR) is 112 cm³/mol. The van der Waals surface area contributed by atoms with Crippen LogP contribution >= 0.6 is 0 Å². The Bertz CT molecular complexity index is 822. The number of fused-ring (bicyclic) bond motifs is 1. The lowest BCUT2D eigenvalue weighted by Gasteiger charge is -2.28. The lowest BCUT2D eigenvalue weighted by atomic mass is 10.1. The minimum absolute atomic E-state index is 0.0201. The van der Waals surface area contributed by atoms with Crippen molar-refractivity contribution in [2.24, 2.45) is 0 Å². The summed E-state index contributed by atoms with van der Waals surface area (Å²) in [6.45, 7) is 8.32. The molecule has 0 radical (unpaired) electrons. The number of nitrogens with one attached hydrogen (secondary N) is 2. The number of likely N-dealkylation sites (tertiary alicyclic amines) is 1. The Balaban J connectivity index is 1.54. The number of nitrogens with zero attached hydrogens (tertiary/aromatic N) is 2. The summed E-state index contributed by atoms with van der Waals surface area (Å²) in [6.07, 6.45) is 3.34. The van der Waals surface area contributed by atoms with Crippen LogP contribution in [0.25, 0.3) is 11.0 Å². The van der Waals surface area contributed by atoms with Gasteiger partial charge in [0, 0.05) is 19.0 Å². The highest BCUT2D eigenvalue weighted by Gasteiger charge is 2.32. The van der Waals surface area contributed by atoms with E-state index in [0.717, 1.165) is 36.1 Å². The highest BCUT2D eigenvalue weighted by molar-refractivity contribution is 5.77. The lowest BCUT2D eigenvalue weighted by Crippen LogP contribution is -2.40. The third-order valence-electron chi connectivity index (χ3n) is 5.19. The summed E-state index contributed by atoms with van der Waals surface area (Å²) in [5, 5.41) is 3.08. The Hall–Kier alpha value is -2.57. The zero-order valence-electron chi connectivity index (χ0n) is 17.8. The largest absolute Gasteiger partial charge is 0.444 e. The van der Waals surface area contributed by atoms with Gasteiger partial charge in [-0.15, -0.1) is 0 Å². The summed E-state index contributed by atoms with van der Waals surface area (Å²) in [4.78, 5) is 34.7. The molecule has 7 heteroatoms. The molecule has 29 heavy (non-hydrogen) atoms. The average Bonchev–Trinajstić information content (AvgIpc) is 3.29. The highest BCUT2D eigenvalue weighted by atomic mass is 16.6. The van der Waals surface area contributed by atoms with Crippen molar-refractivity contribution < 1.29 is 14.3 Å². The van der Waals surface area contributed by atoms with Crippen molar-refractivity contribution >= 4 is 23.0 Å². The number of hydrogen-bond donors (Lipinski definition) is 2. The number of ether oxygens (including phenoxy) is 1. The van der Waals surface area contributed by atoms with Gasteiger partial charge < -0.3 is 19.9 Å². The van der Waals surface area contributed by atoms with Gasteiger partial charge in [0.1, 0.15) is 11.4 Å². The van der Waals surface area contributed by atoms with Gasteiger partial charge in [-0.25, -0.2) is 9.78 Å². The predicted octanol–water partition coefficient (Wildman–Crippen LogP) is 4.31. The third kappa shape index (κ3) is 5.49. The minimum atomic E-state index is -0.511. The minimum Gasteiger partial charge on any atom is -0.444 e. The molecule has 2 N–H and O–H groups in total. The van der Waals surface area contributed by atoms with Gasteiger partial charge in [-0.1, -0.05) is 19.1 Å².